The topological polar surface area (TPSA) is 83.5 Å². The molecule has 1 amide bonds. The van der Waals surface area contributed by atoms with Crippen LogP contribution in [-0.2, 0) is 20.8 Å². The molecule has 1 aromatic carbocycles. The third-order valence-corrected chi connectivity index (χ3v) is 11.1. The molecule has 2 aromatic rings. The molecule has 4 aliphatic rings. The summed E-state index contributed by atoms with van der Waals surface area (Å²) >= 11 is 0. The molecule has 1 heterocycles. The van der Waals surface area contributed by atoms with Crippen molar-refractivity contribution in [2.24, 2.45) is 39.7 Å². The fourth-order valence-electron chi connectivity index (χ4n) is 9.14. The summed E-state index contributed by atoms with van der Waals surface area (Å²) in [6, 6.07) is 10.3. The maximum Gasteiger partial charge on any atom is 0.260 e. The van der Waals surface area contributed by atoms with Gasteiger partial charge in [-0.05, 0) is 110 Å². The third kappa shape index (κ3) is 4.74. The average Bonchev–Trinajstić information content (AvgIpc) is 3.49. The molecule has 4 aliphatic carbocycles. The minimum absolute atomic E-state index is 0.0566. The number of hydrogen-bond donors (Lipinski definition) is 2. The maximum atomic E-state index is 12.4. The predicted octanol–water partition coefficient (Wildman–Crippen LogP) is 6.37. The number of allylic oxidation sites excluding steroid dienone is 2. The highest BCUT2D eigenvalue weighted by molar-refractivity contribution is 5.96. The number of fused-ring (bicyclic) bond motifs is 6. The van der Waals surface area contributed by atoms with E-state index in [-0.39, 0.29) is 29.3 Å². The molecule has 3 fully saturated rings. The maximum absolute atomic E-state index is 12.4. The molecule has 0 radical (unpaired) electrons. The molecular formula is C33H43N3O3. The highest BCUT2D eigenvalue weighted by Crippen LogP contribution is 2.66. The van der Waals surface area contributed by atoms with Crippen molar-refractivity contribution in [2.75, 3.05) is 13.2 Å². The number of benzene rings is 1. The second-order valence-electron chi connectivity index (χ2n) is 13.1. The van der Waals surface area contributed by atoms with Gasteiger partial charge in [-0.2, -0.15) is 0 Å². The molecular weight excluding hydrogens is 486 g/mol. The first-order valence-electron chi connectivity index (χ1n) is 15.0. The lowest BCUT2D eigenvalue weighted by Gasteiger charge is -2.58. The molecule has 0 saturated heterocycles. The average molecular weight is 530 g/mol. The fraction of sp³-hybridized carbons (Fsp3) is 0.606. The summed E-state index contributed by atoms with van der Waals surface area (Å²) in [5, 5.41) is 8.50. The van der Waals surface area contributed by atoms with Crippen molar-refractivity contribution in [3.8, 4) is 0 Å². The number of rotatable bonds is 7. The highest BCUT2D eigenvalue weighted by atomic mass is 16.6. The summed E-state index contributed by atoms with van der Waals surface area (Å²) in [4.78, 5) is 33.6. The number of para-hydroxylation sites is 1. The summed E-state index contributed by atoms with van der Waals surface area (Å²) in [5.41, 5.74) is 5.13. The lowest BCUT2D eigenvalue weighted by Crippen LogP contribution is -2.51. The zero-order chi connectivity index (χ0) is 27.2. The second kappa shape index (κ2) is 10.3. The van der Waals surface area contributed by atoms with Gasteiger partial charge in [0.25, 0.3) is 5.91 Å². The third-order valence-electron chi connectivity index (χ3n) is 11.1. The SMILES string of the molecule is CC(=O)[C@@H]1CC[C@@H]2[C@H]3CCC4=CC(=NOCC(=O)NCCc5cc6ccccc6[nH]5)CC[C@]4(C)[C@H]3CC[C@@]21C. The molecule has 1 aromatic heterocycles. The Labute approximate surface area is 232 Å². The number of aromatic amines is 1. The molecule has 3 saturated carbocycles. The van der Waals surface area contributed by atoms with Crippen LogP contribution in [0.2, 0.25) is 0 Å². The Hall–Kier alpha value is -2.89. The molecule has 2 N–H and O–H groups in total. The van der Waals surface area contributed by atoms with Gasteiger partial charge in [0.1, 0.15) is 5.78 Å². The number of carbonyl (C=O) groups excluding carboxylic acids is 2. The first kappa shape index (κ1) is 26.3. The van der Waals surface area contributed by atoms with E-state index in [2.05, 4.69) is 53.6 Å². The lowest BCUT2D eigenvalue weighted by atomic mass is 9.46. The number of aromatic nitrogens is 1. The predicted molar refractivity (Wildman–Crippen MR) is 154 cm³/mol. The van der Waals surface area contributed by atoms with E-state index >= 15 is 0 Å². The number of Topliss-reactive ketones (excluding diaryl/α,β-unsaturated/α-hetero) is 1. The first-order valence-corrected chi connectivity index (χ1v) is 15.0. The Morgan fingerprint density at radius 3 is 2.74 bits per heavy atom. The summed E-state index contributed by atoms with van der Waals surface area (Å²) < 4.78 is 0. The zero-order valence-corrected chi connectivity index (χ0v) is 23.7. The van der Waals surface area contributed by atoms with Gasteiger partial charge in [-0.25, -0.2) is 0 Å². The quantitative estimate of drug-likeness (QED) is 0.409. The van der Waals surface area contributed by atoms with E-state index in [0.29, 0.717) is 24.2 Å². The van der Waals surface area contributed by atoms with Gasteiger partial charge in [0, 0.05) is 30.1 Å². The van der Waals surface area contributed by atoms with Gasteiger partial charge in [-0.15, -0.1) is 0 Å². The minimum atomic E-state index is -0.144. The Balaban J connectivity index is 1.02. The van der Waals surface area contributed by atoms with Crippen LogP contribution in [0.4, 0.5) is 0 Å². The molecule has 6 heteroatoms. The zero-order valence-electron chi connectivity index (χ0n) is 23.7. The Kier molecular flexibility index (Phi) is 6.93. The summed E-state index contributed by atoms with van der Waals surface area (Å²) in [7, 11) is 0. The molecule has 0 aliphatic heterocycles. The van der Waals surface area contributed by atoms with Crippen molar-refractivity contribution in [3.05, 3.63) is 47.7 Å². The van der Waals surface area contributed by atoms with Crippen molar-refractivity contribution in [1.29, 1.82) is 0 Å². The van der Waals surface area contributed by atoms with E-state index in [1.807, 2.05) is 19.1 Å². The second-order valence-corrected chi connectivity index (χ2v) is 13.1. The molecule has 0 unspecified atom stereocenters. The summed E-state index contributed by atoms with van der Waals surface area (Å²) in [6.07, 6.45) is 12.1. The highest BCUT2D eigenvalue weighted by Gasteiger charge is 2.59. The van der Waals surface area contributed by atoms with Gasteiger partial charge < -0.3 is 15.1 Å². The smallest absolute Gasteiger partial charge is 0.260 e. The van der Waals surface area contributed by atoms with E-state index in [4.69, 9.17) is 4.84 Å². The van der Waals surface area contributed by atoms with Crippen LogP contribution in [0.25, 0.3) is 10.9 Å². The van der Waals surface area contributed by atoms with E-state index in [0.717, 1.165) is 54.9 Å². The molecule has 6 atom stereocenters. The van der Waals surface area contributed by atoms with E-state index in [9.17, 15) is 9.59 Å². The number of amides is 1. The Morgan fingerprint density at radius 2 is 1.92 bits per heavy atom. The van der Waals surface area contributed by atoms with Gasteiger partial charge in [-0.3, -0.25) is 9.59 Å². The number of nitrogens with zero attached hydrogens (tertiary/aromatic N) is 1. The van der Waals surface area contributed by atoms with E-state index < -0.39 is 0 Å². The lowest BCUT2D eigenvalue weighted by molar-refractivity contribution is -0.128. The van der Waals surface area contributed by atoms with Crippen molar-refractivity contribution >= 4 is 28.3 Å². The van der Waals surface area contributed by atoms with Crippen LogP contribution in [0.1, 0.15) is 77.8 Å². The van der Waals surface area contributed by atoms with Crippen LogP contribution >= 0.6 is 0 Å². The van der Waals surface area contributed by atoms with Crippen LogP contribution in [0, 0.1) is 34.5 Å². The van der Waals surface area contributed by atoms with Gasteiger partial charge in [0.15, 0.2) is 6.61 Å². The normalized spacial score (nSPS) is 34.6. The van der Waals surface area contributed by atoms with Crippen molar-refractivity contribution < 1.29 is 14.4 Å². The Morgan fingerprint density at radius 1 is 1.08 bits per heavy atom. The van der Waals surface area contributed by atoms with Gasteiger partial charge in [0.05, 0.1) is 5.71 Å². The number of ketones is 1. The molecule has 6 rings (SSSR count). The minimum Gasteiger partial charge on any atom is -0.385 e. The van der Waals surface area contributed by atoms with Crippen molar-refractivity contribution in [1.82, 2.24) is 10.3 Å². The van der Waals surface area contributed by atoms with Crippen molar-refractivity contribution in [2.45, 2.75) is 78.6 Å². The van der Waals surface area contributed by atoms with Crippen LogP contribution in [0.3, 0.4) is 0 Å². The van der Waals surface area contributed by atoms with Gasteiger partial charge in [-0.1, -0.05) is 42.8 Å². The number of carbonyl (C=O) groups is 2. The molecule has 39 heavy (non-hydrogen) atoms. The number of H-pyrrole nitrogens is 1. The van der Waals surface area contributed by atoms with Crippen LogP contribution < -0.4 is 5.32 Å². The number of nitrogens with one attached hydrogen (secondary N) is 2. The van der Waals surface area contributed by atoms with Crippen molar-refractivity contribution in [3.63, 3.8) is 0 Å². The summed E-state index contributed by atoms with van der Waals surface area (Å²) in [6.45, 7) is 7.21. The monoisotopic (exact) mass is 529 g/mol. The number of oxime groups is 1. The van der Waals surface area contributed by atoms with Gasteiger partial charge >= 0.3 is 0 Å². The Bertz CT molecular complexity index is 1290. The molecule has 208 valence electrons. The van der Waals surface area contributed by atoms with E-state index in [1.165, 1.54) is 36.6 Å². The van der Waals surface area contributed by atoms with Crippen LogP contribution in [0.5, 0.6) is 0 Å². The molecule has 0 spiro atoms. The van der Waals surface area contributed by atoms with Crippen LogP contribution in [0.15, 0.2) is 47.1 Å². The standard InChI is InChI=1S/C33H43N3O3/c1-21(37)27-10-11-28-26-9-8-23-19-25(12-15-32(23,2)29(26)13-16-33(27,28)3)36-39-20-31(38)34-17-14-24-18-22-6-4-5-7-30(22)35-24/h4-7,18-19,26-29,35H,8-17,20H2,1-3H3,(H,34,38)/t26-,27+,28-,29+,32+,33-/m1/s1. The number of hydrogen-bond acceptors (Lipinski definition) is 4. The van der Waals surface area contributed by atoms with Gasteiger partial charge in [0.2, 0.25) is 0 Å². The fourth-order valence-corrected chi connectivity index (χ4v) is 9.14. The molecule has 0 bridgehead atoms. The van der Waals surface area contributed by atoms with Crippen LogP contribution in [-0.4, -0.2) is 35.5 Å². The molecule has 6 nitrogen and oxygen atoms in total. The first-order chi connectivity index (χ1) is 18.8. The largest absolute Gasteiger partial charge is 0.385 e. The van der Waals surface area contributed by atoms with E-state index in [1.54, 1.807) is 0 Å². The summed E-state index contributed by atoms with van der Waals surface area (Å²) in [5.74, 6) is 2.65.